The van der Waals surface area contributed by atoms with Crippen molar-refractivity contribution in [2.75, 3.05) is 0 Å². The fourth-order valence-corrected chi connectivity index (χ4v) is 3.26. The minimum Gasteiger partial charge on any atom is -0.504 e. The first-order valence-electron chi connectivity index (χ1n) is 4.77. The Bertz CT molecular complexity index is 801. The molecular formula is C11H3Cl2N2O2S. The van der Waals surface area contributed by atoms with Crippen molar-refractivity contribution in [3.63, 3.8) is 0 Å². The van der Waals surface area contributed by atoms with Gasteiger partial charge in [0.15, 0.2) is 11.4 Å². The van der Waals surface area contributed by atoms with E-state index in [0.717, 1.165) is 4.70 Å². The van der Waals surface area contributed by atoms with Gasteiger partial charge < -0.3 is 5.11 Å². The minimum absolute atomic E-state index is 0.0992. The van der Waals surface area contributed by atoms with E-state index in [-0.39, 0.29) is 16.6 Å². The summed E-state index contributed by atoms with van der Waals surface area (Å²) in [6.45, 7) is 0. The van der Waals surface area contributed by atoms with E-state index in [4.69, 9.17) is 23.2 Å². The van der Waals surface area contributed by atoms with E-state index in [1.165, 1.54) is 11.3 Å². The topological polar surface area (TPSA) is 63.1 Å². The highest BCUT2D eigenvalue weighted by Crippen LogP contribution is 2.42. The van der Waals surface area contributed by atoms with Crippen LogP contribution in [0.15, 0.2) is 12.1 Å². The Morgan fingerprint density at radius 1 is 1.28 bits per heavy atom. The maximum absolute atomic E-state index is 10.7. The highest BCUT2D eigenvalue weighted by Gasteiger charge is 2.18. The lowest BCUT2D eigenvalue weighted by Gasteiger charge is -1.99. The van der Waals surface area contributed by atoms with E-state index in [9.17, 15) is 9.90 Å². The summed E-state index contributed by atoms with van der Waals surface area (Å²) in [5, 5.41) is 10.8. The van der Waals surface area contributed by atoms with Crippen molar-refractivity contribution in [3.8, 4) is 5.75 Å². The van der Waals surface area contributed by atoms with Gasteiger partial charge in [0.05, 0.1) is 20.3 Å². The van der Waals surface area contributed by atoms with Crippen molar-refractivity contribution in [3.05, 3.63) is 28.1 Å². The molecule has 0 unspecified atom stereocenters. The molecule has 18 heavy (non-hydrogen) atoms. The second kappa shape index (κ2) is 4.05. The zero-order valence-corrected chi connectivity index (χ0v) is 10.9. The molecule has 4 nitrogen and oxygen atoms in total. The van der Waals surface area contributed by atoms with E-state index in [0.29, 0.717) is 20.8 Å². The Balaban J connectivity index is 2.58. The molecule has 0 aliphatic heterocycles. The molecule has 89 valence electrons. The molecule has 3 aromatic heterocycles. The molecule has 3 rings (SSSR count). The van der Waals surface area contributed by atoms with Crippen LogP contribution in [0, 0.1) is 0 Å². The Labute approximate surface area is 115 Å². The first-order valence-corrected chi connectivity index (χ1v) is 6.34. The van der Waals surface area contributed by atoms with E-state index in [1.54, 1.807) is 18.4 Å². The van der Waals surface area contributed by atoms with Gasteiger partial charge in [-0.15, -0.1) is 11.3 Å². The van der Waals surface area contributed by atoms with Crippen LogP contribution in [0.5, 0.6) is 5.75 Å². The van der Waals surface area contributed by atoms with Crippen LogP contribution in [0.2, 0.25) is 10.3 Å². The predicted molar refractivity (Wildman–Crippen MR) is 71.4 cm³/mol. The average molecular weight is 298 g/mol. The van der Waals surface area contributed by atoms with Crippen molar-refractivity contribution in [2.24, 2.45) is 0 Å². The van der Waals surface area contributed by atoms with Gasteiger partial charge in [0.25, 0.3) is 6.29 Å². The van der Waals surface area contributed by atoms with E-state index in [1.807, 2.05) is 0 Å². The van der Waals surface area contributed by atoms with Crippen LogP contribution in [-0.4, -0.2) is 21.4 Å². The smallest absolute Gasteiger partial charge is 0.257 e. The number of rotatable bonds is 1. The van der Waals surface area contributed by atoms with Crippen LogP contribution < -0.4 is 0 Å². The molecule has 0 aliphatic rings. The zero-order valence-electron chi connectivity index (χ0n) is 8.57. The lowest BCUT2D eigenvalue weighted by Crippen LogP contribution is -1.89. The summed E-state index contributed by atoms with van der Waals surface area (Å²) < 4.78 is 1.26. The Hall–Kier alpha value is -1.43. The average Bonchev–Trinajstić information content (AvgIpc) is 2.73. The van der Waals surface area contributed by atoms with Crippen LogP contribution in [-0.2, 0) is 4.79 Å². The first-order chi connectivity index (χ1) is 8.61. The van der Waals surface area contributed by atoms with Gasteiger partial charge in [0.2, 0.25) is 0 Å². The van der Waals surface area contributed by atoms with Crippen LogP contribution in [0.3, 0.4) is 0 Å². The van der Waals surface area contributed by atoms with Gasteiger partial charge in [0, 0.05) is 0 Å². The third kappa shape index (κ3) is 1.55. The number of carbonyl (C=O) groups excluding carboxylic acids is 1. The number of hydrogen-bond acceptors (Lipinski definition) is 5. The van der Waals surface area contributed by atoms with Gasteiger partial charge in [-0.3, -0.25) is 4.79 Å². The molecule has 0 aromatic carbocycles. The summed E-state index contributed by atoms with van der Waals surface area (Å²) in [6.07, 6.45) is 1.55. The van der Waals surface area contributed by atoms with E-state index >= 15 is 0 Å². The van der Waals surface area contributed by atoms with Crippen molar-refractivity contribution < 1.29 is 9.90 Å². The van der Waals surface area contributed by atoms with Crippen molar-refractivity contribution in [1.29, 1.82) is 0 Å². The van der Waals surface area contributed by atoms with E-state index < -0.39 is 0 Å². The first kappa shape index (κ1) is 11.6. The second-order valence-corrected chi connectivity index (χ2v) is 5.29. The molecular weight excluding hydrogens is 295 g/mol. The molecule has 1 radical (unpaired) electrons. The normalized spacial score (nSPS) is 11.2. The number of pyridine rings is 2. The largest absolute Gasteiger partial charge is 0.504 e. The number of aromatic nitrogens is 2. The Morgan fingerprint density at radius 3 is 2.78 bits per heavy atom. The van der Waals surface area contributed by atoms with Crippen LogP contribution in [0.1, 0.15) is 5.69 Å². The maximum Gasteiger partial charge on any atom is 0.257 e. The maximum atomic E-state index is 10.7. The molecule has 0 spiro atoms. The number of nitrogens with zero attached hydrogens (tertiary/aromatic N) is 2. The monoisotopic (exact) mass is 297 g/mol. The molecule has 0 atom stereocenters. The standard InChI is InChI=1S/C11H3Cl2N2O2S/c12-6-2-1-5-8(15-6)7-10(18-5)9(17)4(3-16)14-11(7)13/h1-2,17H. The van der Waals surface area contributed by atoms with Gasteiger partial charge >= 0.3 is 0 Å². The van der Waals surface area contributed by atoms with Crippen LogP contribution in [0.4, 0.5) is 0 Å². The number of fused-ring (bicyclic) bond motifs is 3. The fourth-order valence-electron chi connectivity index (χ4n) is 1.70. The van der Waals surface area contributed by atoms with Crippen molar-refractivity contribution >= 4 is 61.1 Å². The van der Waals surface area contributed by atoms with Crippen LogP contribution in [0.25, 0.3) is 20.3 Å². The zero-order chi connectivity index (χ0) is 12.9. The molecule has 0 bridgehead atoms. The molecule has 0 fully saturated rings. The van der Waals surface area contributed by atoms with Gasteiger partial charge in [-0.1, -0.05) is 23.2 Å². The third-order valence-corrected chi connectivity index (χ3v) is 4.09. The summed E-state index contributed by atoms with van der Waals surface area (Å²) in [6, 6.07) is 3.42. The Morgan fingerprint density at radius 2 is 2.06 bits per heavy atom. The number of thiophene rings is 1. The lowest BCUT2D eigenvalue weighted by atomic mass is 10.2. The van der Waals surface area contributed by atoms with Crippen LogP contribution >= 0.6 is 34.5 Å². The molecule has 0 saturated carbocycles. The summed E-state index contributed by atoms with van der Waals surface area (Å²) in [4.78, 5) is 18.6. The molecule has 0 amide bonds. The Kier molecular flexibility index (Phi) is 2.62. The molecule has 0 aliphatic carbocycles. The SMILES string of the molecule is O=[C]c1nc(Cl)c2c(sc3ccc(Cl)nc32)c1O. The summed E-state index contributed by atoms with van der Waals surface area (Å²) >= 11 is 13.1. The van der Waals surface area contributed by atoms with Gasteiger partial charge in [-0.05, 0) is 12.1 Å². The number of aromatic hydroxyl groups is 1. The minimum atomic E-state index is -0.233. The van der Waals surface area contributed by atoms with Gasteiger partial charge in [0.1, 0.15) is 10.3 Å². The number of hydrogen-bond donors (Lipinski definition) is 1. The lowest BCUT2D eigenvalue weighted by molar-refractivity contribution is 0.476. The molecule has 7 heteroatoms. The van der Waals surface area contributed by atoms with Crippen molar-refractivity contribution in [2.45, 2.75) is 0 Å². The summed E-state index contributed by atoms with van der Waals surface area (Å²) in [5.41, 5.74) is 0.359. The second-order valence-electron chi connectivity index (χ2n) is 3.49. The van der Waals surface area contributed by atoms with Gasteiger partial charge in [-0.2, -0.15) is 0 Å². The molecule has 3 aromatic rings. The quantitative estimate of drug-likeness (QED) is 0.700. The fraction of sp³-hybridized carbons (Fsp3) is 0. The third-order valence-electron chi connectivity index (χ3n) is 2.45. The highest BCUT2D eigenvalue weighted by molar-refractivity contribution is 7.26. The molecule has 0 saturated heterocycles. The highest BCUT2D eigenvalue weighted by atomic mass is 35.5. The molecule has 1 N–H and O–H groups in total. The number of halogens is 2. The van der Waals surface area contributed by atoms with Gasteiger partial charge in [-0.25, -0.2) is 9.97 Å². The summed E-state index contributed by atoms with van der Waals surface area (Å²) in [7, 11) is 0. The van der Waals surface area contributed by atoms with Crippen molar-refractivity contribution in [1.82, 2.24) is 9.97 Å². The predicted octanol–water partition coefficient (Wildman–Crippen LogP) is 3.31. The molecule has 3 heterocycles. The van der Waals surface area contributed by atoms with E-state index in [2.05, 4.69) is 9.97 Å². The summed E-state index contributed by atoms with van der Waals surface area (Å²) in [5.74, 6) is -0.233.